The third kappa shape index (κ3) is 4.97. The summed E-state index contributed by atoms with van der Waals surface area (Å²) >= 11 is 0. The van der Waals surface area contributed by atoms with E-state index < -0.39 is 11.9 Å². The fourth-order valence-electron chi connectivity index (χ4n) is 1.40. The highest BCUT2D eigenvalue weighted by Gasteiger charge is 2.06. The van der Waals surface area contributed by atoms with Crippen molar-refractivity contribution in [3.63, 3.8) is 0 Å². The van der Waals surface area contributed by atoms with Crippen LogP contribution >= 0.6 is 0 Å². The van der Waals surface area contributed by atoms with Gasteiger partial charge in [0.2, 0.25) is 0 Å². The first-order chi connectivity index (χ1) is 9.56. The van der Waals surface area contributed by atoms with Crippen molar-refractivity contribution in [3.05, 3.63) is 42.0 Å². The third-order valence-electron chi connectivity index (χ3n) is 2.27. The molecule has 106 valence electrons. The van der Waals surface area contributed by atoms with Crippen molar-refractivity contribution in [1.29, 1.82) is 0 Å². The molecule has 0 spiro atoms. The van der Waals surface area contributed by atoms with Crippen molar-refractivity contribution in [2.75, 3.05) is 14.2 Å². The van der Waals surface area contributed by atoms with Gasteiger partial charge in [-0.25, -0.2) is 4.79 Å². The first kappa shape index (κ1) is 15.5. The summed E-state index contributed by atoms with van der Waals surface area (Å²) < 4.78 is 14.6. The van der Waals surface area contributed by atoms with Crippen molar-refractivity contribution in [3.8, 4) is 11.5 Å². The van der Waals surface area contributed by atoms with E-state index in [1.54, 1.807) is 36.4 Å². The Morgan fingerprint density at radius 3 is 2.45 bits per heavy atom. The molecule has 5 nitrogen and oxygen atoms in total. The molecule has 0 N–H and O–H groups in total. The van der Waals surface area contributed by atoms with E-state index in [9.17, 15) is 9.59 Å². The van der Waals surface area contributed by atoms with Crippen molar-refractivity contribution in [2.24, 2.45) is 0 Å². The van der Waals surface area contributed by atoms with Gasteiger partial charge in [-0.15, -0.1) is 0 Å². The zero-order chi connectivity index (χ0) is 15.0. The Labute approximate surface area is 117 Å². The topological polar surface area (TPSA) is 61.8 Å². The van der Waals surface area contributed by atoms with E-state index in [1.807, 2.05) is 0 Å². The van der Waals surface area contributed by atoms with Gasteiger partial charge in [0.1, 0.15) is 0 Å². The Kier molecular flexibility index (Phi) is 6.03. The summed E-state index contributed by atoms with van der Waals surface area (Å²) in [5.74, 6) is -0.00779. The van der Waals surface area contributed by atoms with Crippen LogP contribution in [0.2, 0.25) is 0 Å². The molecule has 0 fully saturated rings. The Morgan fingerprint density at radius 1 is 1.10 bits per heavy atom. The minimum Gasteiger partial charge on any atom is -0.493 e. The van der Waals surface area contributed by atoms with E-state index >= 15 is 0 Å². The van der Waals surface area contributed by atoms with Crippen LogP contribution in [-0.2, 0) is 14.3 Å². The molecule has 0 aliphatic rings. The van der Waals surface area contributed by atoms with Crippen molar-refractivity contribution in [1.82, 2.24) is 0 Å². The summed E-state index contributed by atoms with van der Waals surface area (Å²) in [6, 6.07) is 5.13. The molecule has 0 aliphatic carbocycles. The summed E-state index contributed by atoms with van der Waals surface area (Å²) in [5.41, 5.74) is 0.840. The molecule has 1 aromatic rings. The number of ether oxygens (including phenoxy) is 3. The number of benzene rings is 1. The van der Waals surface area contributed by atoms with E-state index in [0.29, 0.717) is 11.5 Å². The lowest BCUT2D eigenvalue weighted by molar-refractivity contribution is -0.135. The molecule has 0 aliphatic heterocycles. The highest BCUT2D eigenvalue weighted by molar-refractivity contribution is 5.82. The maximum Gasteiger partial charge on any atom is 0.330 e. The second-order valence-corrected chi connectivity index (χ2v) is 3.75. The van der Waals surface area contributed by atoms with Gasteiger partial charge in [0.05, 0.1) is 14.2 Å². The number of allylic oxidation sites excluding steroid dienone is 2. The lowest BCUT2D eigenvalue weighted by Crippen LogP contribution is -2.02. The Bertz CT molecular complexity index is 543. The zero-order valence-corrected chi connectivity index (χ0v) is 11.6. The number of carbonyl (C=O) groups is 2. The van der Waals surface area contributed by atoms with Gasteiger partial charge in [-0.2, -0.15) is 0 Å². The Balaban J connectivity index is 2.82. The standard InChI is InChI=1S/C15H16O5/c1-11(16)20-13-9-8-12(10-14(13)18-2)6-4-5-7-15(17)19-3/h4-10H,1-3H3/b6-4+,7-5+. The Morgan fingerprint density at radius 2 is 1.85 bits per heavy atom. The zero-order valence-electron chi connectivity index (χ0n) is 11.6. The molecule has 0 saturated heterocycles. The van der Waals surface area contributed by atoms with E-state index in [1.165, 1.54) is 27.2 Å². The lowest BCUT2D eigenvalue weighted by Gasteiger charge is -2.08. The van der Waals surface area contributed by atoms with E-state index in [4.69, 9.17) is 9.47 Å². The number of hydrogen-bond acceptors (Lipinski definition) is 5. The molecule has 0 bridgehead atoms. The molecular formula is C15H16O5. The van der Waals surface area contributed by atoms with Crippen LogP contribution in [0.3, 0.4) is 0 Å². The second-order valence-electron chi connectivity index (χ2n) is 3.75. The summed E-state index contributed by atoms with van der Waals surface area (Å²) in [6.45, 7) is 1.32. The third-order valence-corrected chi connectivity index (χ3v) is 2.27. The molecule has 0 saturated carbocycles. The molecule has 20 heavy (non-hydrogen) atoms. The predicted octanol–water partition coefficient (Wildman–Crippen LogP) is 2.36. The van der Waals surface area contributed by atoms with Crippen LogP contribution in [0.25, 0.3) is 6.08 Å². The maximum absolute atomic E-state index is 10.9. The number of esters is 2. The fourth-order valence-corrected chi connectivity index (χ4v) is 1.40. The Hall–Kier alpha value is -2.56. The SMILES string of the molecule is COC(=O)/C=C/C=C/c1ccc(OC(C)=O)c(OC)c1. The summed E-state index contributed by atoms with van der Waals surface area (Å²) in [6.07, 6.45) is 6.34. The van der Waals surface area contributed by atoms with Crippen LogP contribution in [0.15, 0.2) is 36.4 Å². The van der Waals surface area contributed by atoms with Crippen LogP contribution in [0.5, 0.6) is 11.5 Å². The maximum atomic E-state index is 10.9. The largest absolute Gasteiger partial charge is 0.493 e. The van der Waals surface area contributed by atoms with E-state index in [-0.39, 0.29) is 0 Å². The van der Waals surface area contributed by atoms with Crippen LogP contribution in [-0.4, -0.2) is 26.2 Å². The second kappa shape index (κ2) is 7.78. The van der Waals surface area contributed by atoms with Crippen LogP contribution in [0, 0.1) is 0 Å². The van der Waals surface area contributed by atoms with Gasteiger partial charge in [-0.3, -0.25) is 4.79 Å². The van der Waals surface area contributed by atoms with Crippen LogP contribution < -0.4 is 9.47 Å². The van der Waals surface area contributed by atoms with Crippen LogP contribution in [0.1, 0.15) is 12.5 Å². The highest BCUT2D eigenvalue weighted by atomic mass is 16.6. The van der Waals surface area contributed by atoms with Crippen LogP contribution in [0.4, 0.5) is 0 Å². The molecule has 0 aromatic heterocycles. The monoisotopic (exact) mass is 276 g/mol. The summed E-state index contributed by atoms with van der Waals surface area (Å²) in [5, 5.41) is 0. The average molecular weight is 276 g/mol. The summed E-state index contributed by atoms with van der Waals surface area (Å²) in [7, 11) is 2.81. The first-order valence-corrected chi connectivity index (χ1v) is 5.86. The predicted molar refractivity (Wildman–Crippen MR) is 74.5 cm³/mol. The minimum absolute atomic E-state index is 0.363. The minimum atomic E-state index is -0.419. The normalized spacial score (nSPS) is 10.8. The first-order valence-electron chi connectivity index (χ1n) is 5.86. The van der Waals surface area contributed by atoms with Gasteiger partial charge in [0.15, 0.2) is 11.5 Å². The molecule has 0 atom stereocenters. The number of methoxy groups -OCH3 is 2. The molecule has 0 unspecified atom stereocenters. The van der Waals surface area contributed by atoms with Crippen molar-refractivity contribution in [2.45, 2.75) is 6.92 Å². The molecule has 0 amide bonds. The summed E-state index contributed by atoms with van der Waals surface area (Å²) in [4.78, 5) is 21.8. The van der Waals surface area contributed by atoms with Crippen molar-refractivity contribution >= 4 is 18.0 Å². The molecular weight excluding hydrogens is 260 g/mol. The van der Waals surface area contributed by atoms with E-state index in [2.05, 4.69) is 4.74 Å². The van der Waals surface area contributed by atoms with Gasteiger partial charge < -0.3 is 14.2 Å². The van der Waals surface area contributed by atoms with Gasteiger partial charge in [0.25, 0.3) is 0 Å². The molecule has 1 rings (SSSR count). The lowest BCUT2D eigenvalue weighted by atomic mass is 10.2. The molecule has 1 aromatic carbocycles. The smallest absolute Gasteiger partial charge is 0.330 e. The van der Waals surface area contributed by atoms with Gasteiger partial charge >= 0.3 is 11.9 Å². The number of hydrogen-bond donors (Lipinski definition) is 0. The molecule has 0 radical (unpaired) electrons. The van der Waals surface area contributed by atoms with Crippen molar-refractivity contribution < 1.29 is 23.8 Å². The highest BCUT2D eigenvalue weighted by Crippen LogP contribution is 2.28. The van der Waals surface area contributed by atoms with E-state index in [0.717, 1.165) is 5.56 Å². The van der Waals surface area contributed by atoms with Gasteiger partial charge in [0, 0.05) is 13.0 Å². The van der Waals surface area contributed by atoms with Gasteiger partial charge in [-0.05, 0) is 17.7 Å². The molecule has 0 heterocycles. The molecule has 5 heteroatoms. The number of rotatable bonds is 5. The number of carbonyl (C=O) groups excluding carboxylic acids is 2. The van der Waals surface area contributed by atoms with Gasteiger partial charge in [-0.1, -0.05) is 24.3 Å². The average Bonchev–Trinajstić information content (AvgIpc) is 2.43. The quantitative estimate of drug-likeness (QED) is 0.357. The fraction of sp³-hybridized carbons (Fsp3) is 0.200.